The fraction of sp³-hybridized carbons (Fsp3) is 0.896. The molecule has 0 fully saturated rings. The summed E-state index contributed by atoms with van der Waals surface area (Å²) in [7, 11) is 0. The first-order valence-corrected chi connectivity index (χ1v) is 23.7. The van der Waals surface area contributed by atoms with Gasteiger partial charge < -0.3 is 20.6 Å². The van der Waals surface area contributed by atoms with Crippen LogP contribution >= 0.6 is 0 Å². The van der Waals surface area contributed by atoms with Crippen molar-refractivity contribution in [3.8, 4) is 0 Å². The third-order valence-electron chi connectivity index (χ3n) is 11.0. The van der Waals surface area contributed by atoms with Crippen LogP contribution in [0.3, 0.4) is 0 Å². The van der Waals surface area contributed by atoms with Crippen LogP contribution in [0.5, 0.6) is 0 Å². The van der Waals surface area contributed by atoms with Crippen LogP contribution in [-0.2, 0) is 4.79 Å². The fourth-order valence-electron chi connectivity index (χ4n) is 7.32. The Bertz CT molecular complexity index is 784. The summed E-state index contributed by atoms with van der Waals surface area (Å²) in [5.41, 5.74) is 0. The normalized spacial score (nSPS) is 13.7. The van der Waals surface area contributed by atoms with Gasteiger partial charge in [0.2, 0.25) is 5.91 Å². The Morgan fingerprint density at radius 3 is 1.15 bits per heavy atom. The second kappa shape index (κ2) is 43.6. The van der Waals surface area contributed by atoms with Gasteiger partial charge in [-0.1, -0.05) is 244 Å². The van der Waals surface area contributed by atoms with Crippen LogP contribution in [0.2, 0.25) is 0 Å². The molecule has 0 radical (unpaired) electrons. The Balaban J connectivity index is 3.66. The first kappa shape index (κ1) is 51.8. The zero-order chi connectivity index (χ0) is 38.7. The zero-order valence-electron chi connectivity index (χ0n) is 35.7. The van der Waals surface area contributed by atoms with Crippen LogP contribution in [0.25, 0.3) is 0 Å². The number of nitrogens with one attached hydrogen (secondary N) is 1. The minimum Gasteiger partial charge on any atom is -0.394 e. The number of hydrogen-bond donors (Lipinski definition) is 4. The van der Waals surface area contributed by atoms with Gasteiger partial charge in [0, 0.05) is 0 Å². The summed E-state index contributed by atoms with van der Waals surface area (Å²) in [5.74, 6) is -0.510. The van der Waals surface area contributed by atoms with E-state index in [2.05, 4.69) is 31.3 Å². The van der Waals surface area contributed by atoms with Gasteiger partial charge in [0.15, 0.2) is 0 Å². The van der Waals surface area contributed by atoms with E-state index >= 15 is 0 Å². The number of unbranched alkanes of at least 4 members (excludes halogenated alkanes) is 33. The first-order chi connectivity index (χ1) is 26.1. The first-order valence-electron chi connectivity index (χ1n) is 23.7. The molecule has 0 aromatic carbocycles. The molecule has 0 aliphatic heterocycles. The molecule has 1 amide bonds. The van der Waals surface area contributed by atoms with Crippen molar-refractivity contribution in [2.24, 2.45) is 0 Å². The molecule has 0 saturated carbocycles. The SMILES string of the molecule is CCCCCCCCCCCCCCCCCCC/C=C/CC/C=C/C(O)C(CO)NC(=O)C(O)CCCCCCCCCCCCCCCCCC. The smallest absolute Gasteiger partial charge is 0.249 e. The molecule has 53 heavy (non-hydrogen) atoms. The Morgan fingerprint density at radius 1 is 0.453 bits per heavy atom. The average molecular weight is 748 g/mol. The Kier molecular flexibility index (Phi) is 42.6. The summed E-state index contributed by atoms with van der Waals surface area (Å²) < 4.78 is 0. The highest BCUT2D eigenvalue weighted by molar-refractivity contribution is 5.80. The number of rotatable bonds is 43. The van der Waals surface area contributed by atoms with Crippen molar-refractivity contribution in [3.05, 3.63) is 24.3 Å². The summed E-state index contributed by atoms with van der Waals surface area (Å²) in [4.78, 5) is 12.5. The molecule has 4 N–H and O–H groups in total. The van der Waals surface area contributed by atoms with Gasteiger partial charge in [0.05, 0.1) is 18.8 Å². The summed E-state index contributed by atoms with van der Waals surface area (Å²) in [5, 5.41) is 33.2. The molecular formula is C48H93NO4. The van der Waals surface area contributed by atoms with E-state index in [4.69, 9.17) is 0 Å². The molecule has 5 heteroatoms. The van der Waals surface area contributed by atoms with Gasteiger partial charge in [0.1, 0.15) is 6.10 Å². The molecule has 0 rings (SSSR count). The highest BCUT2D eigenvalue weighted by atomic mass is 16.3. The Morgan fingerprint density at radius 2 is 0.774 bits per heavy atom. The summed E-state index contributed by atoms with van der Waals surface area (Å²) in [6.45, 7) is 4.19. The van der Waals surface area contributed by atoms with Gasteiger partial charge >= 0.3 is 0 Å². The quantitative estimate of drug-likeness (QED) is 0.0369. The molecule has 314 valence electrons. The molecule has 0 aliphatic carbocycles. The predicted octanol–water partition coefficient (Wildman–Crippen LogP) is 13.8. The second-order valence-electron chi connectivity index (χ2n) is 16.3. The van der Waals surface area contributed by atoms with Crippen molar-refractivity contribution in [3.63, 3.8) is 0 Å². The molecule has 0 saturated heterocycles. The molecule has 0 heterocycles. The van der Waals surface area contributed by atoms with E-state index in [-0.39, 0.29) is 6.61 Å². The van der Waals surface area contributed by atoms with Gasteiger partial charge in [-0.25, -0.2) is 0 Å². The largest absolute Gasteiger partial charge is 0.394 e. The number of aliphatic hydroxyl groups is 3. The maximum atomic E-state index is 12.5. The zero-order valence-corrected chi connectivity index (χ0v) is 35.7. The third-order valence-corrected chi connectivity index (χ3v) is 11.0. The van der Waals surface area contributed by atoms with Crippen molar-refractivity contribution in [1.82, 2.24) is 5.32 Å². The highest BCUT2D eigenvalue weighted by Gasteiger charge is 2.22. The minimum atomic E-state index is -1.10. The highest BCUT2D eigenvalue weighted by Crippen LogP contribution is 2.16. The lowest BCUT2D eigenvalue weighted by atomic mass is 10.0. The summed E-state index contributed by atoms with van der Waals surface area (Å²) >= 11 is 0. The number of carbonyl (C=O) groups excluding carboxylic acids is 1. The third kappa shape index (κ3) is 38.9. The Labute approximate surface area is 331 Å². The van der Waals surface area contributed by atoms with E-state index in [1.54, 1.807) is 6.08 Å². The Hall–Kier alpha value is -1.17. The molecule has 3 atom stereocenters. The van der Waals surface area contributed by atoms with Crippen molar-refractivity contribution >= 4 is 5.91 Å². The monoisotopic (exact) mass is 748 g/mol. The molecular weight excluding hydrogens is 655 g/mol. The van der Waals surface area contributed by atoms with E-state index in [9.17, 15) is 20.1 Å². The molecule has 0 aromatic rings. The molecule has 0 aromatic heterocycles. The average Bonchev–Trinajstić information content (AvgIpc) is 3.16. The molecule has 0 spiro atoms. The number of allylic oxidation sites excluding steroid dienone is 3. The van der Waals surface area contributed by atoms with Gasteiger partial charge in [0.25, 0.3) is 0 Å². The predicted molar refractivity (Wildman–Crippen MR) is 231 cm³/mol. The lowest BCUT2D eigenvalue weighted by molar-refractivity contribution is -0.131. The van der Waals surface area contributed by atoms with Crippen LogP contribution in [0.4, 0.5) is 0 Å². The van der Waals surface area contributed by atoms with Crippen LogP contribution in [-0.4, -0.2) is 46.1 Å². The molecule has 5 nitrogen and oxygen atoms in total. The fourth-order valence-corrected chi connectivity index (χ4v) is 7.32. The standard InChI is InChI=1S/C48H93NO4/c1-3-5-7-9-11-13-15-17-19-21-22-23-24-25-26-27-29-30-32-34-36-38-40-42-46(51)45(44-50)49-48(53)47(52)43-41-39-37-35-33-31-28-20-18-16-14-12-10-8-6-4-2/h32,34,40,42,45-47,50-52H,3-31,33,35-39,41,43-44H2,1-2H3,(H,49,53)/b34-32+,42-40+. The molecule has 3 unspecified atom stereocenters. The van der Waals surface area contributed by atoms with E-state index in [1.807, 2.05) is 6.08 Å². The second-order valence-corrected chi connectivity index (χ2v) is 16.3. The minimum absolute atomic E-state index is 0.373. The topological polar surface area (TPSA) is 89.8 Å². The van der Waals surface area contributed by atoms with Crippen molar-refractivity contribution in [2.45, 2.75) is 270 Å². The van der Waals surface area contributed by atoms with Gasteiger partial charge in [-0.05, 0) is 32.1 Å². The van der Waals surface area contributed by atoms with Crippen LogP contribution in [0.1, 0.15) is 251 Å². The number of hydrogen-bond acceptors (Lipinski definition) is 4. The van der Waals surface area contributed by atoms with E-state index in [0.717, 1.165) is 38.5 Å². The van der Waals surface area contributed by atoms with Crippen LogP contribution in [0, 0.1) is 0 Å². The summed E-state index contributed by atoms with van der Waals surface area (Å²) in [6, 6.07) is -0.811. The van der Waals surface area contributed by atoms with Gasteiger partial charge in [-0.15, -0.1) is 0 Å². The van der Waals surface area contributed by atoms with Crippen molar-refractivity contribution < 1.29 is 20.1 Å². The number of carbonyl (C=O) groups is 1. The van der Waals surface area contributed by atoms with E-state index < -0.39 is 24.2 Å². The van der Waals surface area contributed by atoms with E-state index in [0.29, 0.717) is 6.42 Å². The van der Waals surface area contributed by atoms with Gasteiger partial charge in [-0.3, -0.25) is 4.79 Å². The lowest BCUT2D eigenvalue weighted by Gasteiger charge is -2.21. The lowest BCUT2D eigenvalue weighted by Crippen LogP contribution is -2.48. The van der Waals surface area contributed by atoms with Crippen molar-refractivity contribution in [1.29, 1.82) is 0 Å². The molecule has 0 bridgehead atoms. The van der Waals surface area contributed by atoms with Crippen LogP contribution in [0.15, 0.2) is 24.3 Å². The van der Waals surface area contributed by atoms with Crippen molar-refractivity contribution in [2.75, 3.05) is 6.61 Å². The maximum absolute atomic E-state index is 12.5. The van der Waals surface area contributed by atoms with Gasteiger partial charge in [-0.2, -0.15) is 0 Å². The van der Waals surface area contributed by atoms with E-state index in [1.165, 1.54) is 193 Å². The summed E-state index contributed by atoms with van der Waals surface area (Å²) in [6.07, 6.45) is 53.7. The number of amides is 1. The van der Waals surface area contributed by atoms with Crippen LogP contribution < -0.4 is 5.32 Å². The molecule has 0 aliphatic rings. The number of aliphatic hydroxyl groups excluding tert-OH is 3. The maximum Gasteiger partial charge on any atom is 0.249 e.